The second kappa shape index (κ2) is 10.4. The van der Waals surface area contributed by atoms with Crippen molar-refractivity contribution in [2.75, 3.05) is 12.4 Å². The summed E-state index contributed by atoms with van der Waals surface area (Å²) in [5, 5.41) is 19.4. The molecular weight excluding hydrogens is 434 g/mol. The van der Waals surface area contributed by atoms with Gasteiger partial charge >= 0.3 is 0 Å². The monoisotopic (exact) mass is 454 g/mol. The minimum atomic E-state index is -0.797. The summed E-state index contributed by atoms with van der Waals surface area (Å²) < 4.78 is 34.4. The van der Waals surface area contributed by atoms with Crippen LogP contribution in [0, 0.1) is 11.6 Å². The van der Waals surface area contributed by atoms with Gasteiger partial charge in [-0.2, -0.15) is 0 Å². The molecule has 2 aromatic carbocycles. The van der Waals surface area contributed by atoms with Crippen molar-refractivity contribution in [3.8, 4) is 17.1 Å². The highest BCUT2D eigenvalue weighted by Crippen LogP contribution is 2.28. The number of aliphatic hydroxyl groups is 1. The van der Waals surface area contributed by atoms with Crippen LogP contribution in [0.25, 0.3) is 17.1 Å². The number of halogens is 2. The standard InChI is InChI=1S/C23H20F2N4O2S/c24-18-5-7-19(8-6-18)29-22(16-9-11-26-12-10-16)27-28-23(29)32-15-20(30)14-31-13-17-3-1-2-4-21(17)25/h1-12,20,30H,13-15H2. The Hall–Kier alpha value is -3.14. The average molecular weight is 455 g/mol. The number of aliphatic hydroxyl groups excluding tert-OH is 1. The summed E-state index contributed by atoms with van der Waals surface area (Å²) in [7, 11) is 0. The Morgan fingerprint density at radius 1 is 0.969 bits per heavy atom. The summed E-state index contributed by atoms with van der Waals surface area (Å²) in [6.07, 6.45) is 2.51. The zero-order valence-electron chi connectivity index (χ0n) is 16.9. The van der Waals surface area contributed by atoms with E-state index < -0.39 is 6.10 Å². The summed E-state index contributed by atoms with van der Waals surface area (Å²) >= 11 is 1.29. The zero-order chi connectivity index (χ0) is 22.3. The summed E-state index contributed by atoms with van der Waals surface area (Å²) in [6, 6.07) is 16.0. The molecule has 2 aromatic heterocycles. The maximum atomic E-state index is 13.7. The van der Waals surface area contributed by atoms with Crippen molar-refractivity contribution in [1.82, 2.24) is 19.7 Å². The van der Waals surface area contributed by atoms with E-state index in [1.54, 1.807) is 47.3 Å². The number of hydrogen-bond donors (Lipinski definition) is 1. The molecular formula is C23H20F2N4O2S. The number of rotatable bonds is 9. The predicted octanol–water partition coefficient (Wildman–Crippen LogP) is 4.28. The van der Waals surface area contributed by atoms with E-state index in [1.807, 2.05) is 12.1 Å². The Kier molecular flexibility index (Phi) is 7.21. The third kappa shape index (κ3) is 5.37. The molecule has 9 heteroatoms. The third-order valence-corrected chi connectivity index (χ3v) is 5.66. The smallest absolute Gasteiger partial charge is 0.196 e. The number of aromatic nitrogens is 4. The van der Waals surface area contributed by atoms with E-state index in [2.05, 4.69) is 15.2 Å². The quantitative estimate of drug-likeness (QED) is 0.381. The summed E-state index contributed by atoms with van der Waals surface area (Å²) in [4.78, 5) is 4.02. The Morgan fingerprint density at radius 2 is 1.72 bits per heavy atom. The fourth-order valence-electron chi connectivity index (χ4n) is 3.01. The Bertz CT molecular complexity index is 1160. The predicted molar refractivity (Wildman–Crippen MR) is 117 cm³/mol. The molecule has 2 heterocycles. The van der Waals surface area contributed by atoms with E-state index in [9.17, 15) is 13.9 Å². The van der Waals surface area contributed by atoms with Crippen molar-refractivity contribution in [1.29, 1.82) is 0 Å². The molecule has 0 radical (unpaired) electrons. The van der Waals surface area contributed by atoms with Gasteiger partial charge in [0, 0.05) is 35.0 Å². The summed E-state index contributed by atoms with van der Waals surface area (Å²) in [5.74, 6) is 0.176. The number of benzene rings is 2. The van der Waals surface area contributed by atoms with Gasteiger partial charge in [-0.3, -0.25) is 9.55 Å². The van der Waals surface area contributed by atoms with E-state index in [4.69, 9.17) is 4.74 Å². The SMILES string of the molecule is OC(COCc1ccccc1F)CSc1nnc(-c2ccncc2)n1-c1ccc(F)cc1. The van der Waals surface area contributed by atoms with Gasteiger partial charge in [0.25, 0.3) is 0 Å². The van der Waals surface area contributed by atoms with Gasteiger partial charge in [0.15, 0.2) is 11.0 Å². The molecule has 0 saturated heterocycles. The van der Waals surface area contributed by atoms with Crippen LogP contribution in [0.15, 0.2) is 78.2 Å². The fraction of sp³-hybridized carbons (Fsp3) is 0.174. The molecule has 0 bridgehead atoms. The van der Waals surface area contributed by atoms with Crippen LogP contribution >= 0.6 is 11.8 Å². The van der Waals surface area contributed by atoms with Gasteiger partial charge < -0.3 is 9.84 Å². The maximum absolute atomic E-state index is 13.7. The largest absolute Gasteiger partial charge is 0.390 e. The number of nitrogens with zero attached hydrogens (tertiary/aromatic N) is 4. The van der Waals surface area contributed by atoms with E-state index in [1.165, 1.54) is 30.0 Å². The van der Waals surface area contributed by atoms with Crippen LogP contribution in [-0.4, -0.2) is 43.3 Å². The Labute approximate surface area is 187 Å². The van der Waals surface area contributed by atoms with E-state index >= 15 is 0 Å². The summed E-state index contributed by atoms with van der Waals surface area (Å²) in [5.41, 5.74) is 1.93. The minimum absolute atomic E-state index is 0.0449. The van der Waals surface area contributed by atoms with Crippen LogP contribution < -0.4 is 0 Å². The first-order valence-corrected chi connectivity index (χ1v) is 10.8. The van der Waals surface area contributed by atoms with Crippen LogP contribution in [0.1, 0.15) is 5.56 Å². The lowest BCUT2D eigenvalue weighted by atomic mass is 10.2. The van der Waals surface area contributed by atoms with Crippen molar-refractivity contribution in [2.45, 2.75) is 17.9 Å². The molecule has 0 amide bonds. The van der Waals surface area contributed by atoms with Crippen LogP contribution in [0.3, 0.4) is 0 Å². The highest BCUT2D eigenvalue weighted by Gasteiger charge is 2.18. The van der Waals surface area contributed by atoms with E-state index in [0.717, 1.165) is 5.56 Å². The number of ether oxygens (including phenoxy) is 1. The van der Waals surface area contributed by atoms with Gasteiger partial charge in [-0.15, -0.1) is 10.2 Å². The molecule has 1 unspecified atom stereocenters. The van der Waals surface area contributed by atoms with Crippen LogP contribution in [0.4, 0.5) is 8.78 Å². The van der Waals surface area contributed by atoms with Crippen molar-refractivity contribution in [3.63, 3.8) is 0 Å². The van der Waals surface area contributed by atoms with Crippen molar-refractivity contribution < 1.29 is 18.6 Å². The van der Waals surface area contributed by atoms with Crippen LogP contribution in [0.2, 0.25) is 0 Å². The minimum Gasteiger partial charge on any atom is -0.390 e. The molecule has 4 aromatic rings. The molecule has 0 aliphatic rings. The Balaban J connectivity index is 1.45. The van der Waals surface area contributed by atoms with E-state index in [-0.39, 0.29) is 30.6 Å². The molecule has 1 N–H and O–H groups in total. The van der Waals surface area contributed by atoms with Gasteiger partial charge in [-0.25, -0.2) is 8.78 Å². The second-order valence-electron chi connectivity index (χ2n) is 6.93. The van der Waals surface area contributed by atoms with Crippen LogP contribution in [0.5, 0.6) is 0 Å². The van der Waals surface area contributed by atoms with Gasteiger partial charge in [-0.05, 0) is 42.5 Å². The Morgan fingerprint density at radius 3 is 2.47 bits per heavy atom. The number of hydrogen-bond acceptors (Lipinski definition) is 6. The lowest BCUT2D eigenvalue weighted by Gasteiger charge is -2.13. The molecule has 0 spiro atoms. The molecule has 1 atom stereocenters. The average Bonchev–Trinajstić information content (AvgIpc) is 3.24. The summed E-state index contributed by atoms with van der Waals surface area (Å²) in [6.45, 7) is 0.121. The van der Waals surface area contributed by atoms with Gasteiger partial charge in [0.2, 0.25) is 0 Å². The molecule has 0 saturated carbocycles. The van der Waals surface area contributed by atoms with Crippen LogP contribution in [-0.2, 0) is 11.3 Å². The topological polar surface area (TPSA) is 73.1 Å². The fourth-order valence-corrected chi connectivity index (χ4v) is 3.87. The lowest BCUT2D eigenvalue weighted by Crippen LogP contribution is -2.18. The number of thioether (sulfide) groups is 1. The molecule has 0 aliphatic carbocycles. The normalized spacial score (nSPS) is 12.1. The lowest BCUT2D eigenvalue weighted by molar-refractivity contribution is 0.0386. The van der Waals surface area contributed by atoms with Crippen molar-refractivity contribution in [2.24, 2.45) is 0 Å². The third-order valence-electron chi connectivity index (χ3n) is 4.59. The van der Waals surface area contributed by atoms with Crippen molar-refractivity contribution >= 4 is 11.8 Å². The molecule has 32 heavy (non-hydrogen) atoms. The molecule has 0 fully saturated rings. The van der Waals surface area contributed by atoms with Gasteiger partial charge in [0.1, 0.15) is 11.6 Å². The van der Waals surface area contributed by atoms with Gasteiger partial charge in [0.05, 0.1) is 19.3 Å². The zero-order valence-corrected chi connectivity index (χ0v) is 17.8. The molecule has 164 valence electrons. The highest BCUT2D eigenvalue weighted by atomic mass is 32.2. The first-order valence-electron chi connectivity index (χ1n) is 9.85. The second-order valence-corrected chi connectivity index (χ2v) is 7.91. The highest BCUT2D eigenvalue weighted by molar-refractivity contribution is 7.99. The molecule has 0 aliphatic heterocycles. The molecule has 6 nitrogen and oxygen atoms in total. The first kappa shape index (κ1) is 22.1. The first-order chi connectivity index (χ1) is 15.6. The van der Waals surface area contributed by atoms with E-state index in [0.29, 0.717) is 22.2 Å². The molecule has 4 rings (SSSR count). The maximum Gasteiger partial charge on any atom is 0.196 e. The van der Waals surface area contributed by atoms with Gasteiger partial charge in [-0.1, -0.05) is 30.0 Å². The number of pyridine rings is 1. The van der Waals surface area contributed by atoms with Crippen molar-refractivity contribution in [3.05, 3.63) is 90.3 Å².